The van der Waals surface area contributed by atoms with Gasteiger partial charge in [0, 0.05) is 24.7 Å². The third kappa shape index (κ3) is 4.43. The van der Waals surface area contributed by atoms with E-state index in [1.54, 1.807) is 11.1 Å². The zero-order chi connectivity index (χ0) is 23.0. The summed E-state index contributed by atoms with van der Waals surface area (Å²) in [5.41, 5.74) is 2.59. The quantitative estimate of drug-likeness (QED) is 0.614. The first-order valence-electron chi connectivity index (χ1n) is 10.7. The van der Waals surface area contributed by atoms with Gasteiger partial charge in [-0.15, -0.1) is 11.3 Å². The summed E-state index contributed by atoms with van der Waals surface area (Å²) >= 11 is 1.48. The fourth-order valence-corrected chi connectivity index (χ4v) is 4.40. The van der Waals surface area contributed by atoms with Gasteiger partial charge in [0.25, 0.3) is 5.91 Å². The third-order valence-electron chi connectivity index (χ3n) is 5.46. The van der Waals surface area contributed by atoms with Crippen molar-refractivity contribution in [1.82, 2.24) is 25.2 Å². The molecule has 32 heavy (non-hydrogen) atoms. The van der Waals surface area contributed by atoms with Crippen LogP contribution >= 0.6 is 11.3 Å². The molecule has 1 aliphatic rings. The van der Waals surface area contributed by atoms with Gasteiger partial charge in [0.1, 0.15) is 0 Å². The second-order valence-corrected chi connectivity index (χ2v) is 10.1. The molecule has 2 amide bonds. The van der Waals surface area contributed by atoms with Crippen LogP contribution in [-0.4, -0.2) is 50.8 Å². The second kappa shape index (κ2) is 8.46. The number of nitrogens with zero attached hydrogens (tertiary/aromatic N) is 4. The predicted octanol–water partition coefficient (Wildman–Crippen LogP) is 3.55. The van der Waals surface area contributed by atoms with Gasteiger partial charge < -0.3 is 15.5 Å². The largest absolute Gasteiger partial charge is 0.349 e. The molecular formula is C23H28N6O2S. The van der Waals surface area contributed by atoms with Crippen LogP contribution < -0.4 is 10.6 Å². The van der Waals surface area contributed by atoms with Crippen molar-refractivity contribution in [2.45, 2.75) is 46.7 Å². The van der Waals surface area contributed by atoms with E-state index >= 15 is 0 Å². The summed E-state index contributed by atoms with van der Waals surface area (Å²) in [6.45, 7) is 10.5. The fourth-order valence-electron chi connectivity index (χ4n) is 3.43. The van der Waals surface area contributed by atoms with Crippen molar-refractivity contribution < 1.29 is 9.59 Å². The Balaban J connectivity index is 1.53. The number of aryl methyl sites for hydroxylation is 1. The van der Waals surface area contributed by atoms with Crippen LogP contribution in [0.25, 0.3) is 10.2 Å². The number of amides is 2. The monoisotopic (exact) mass is 452 g/mol. The van der Waals surface area contributed by atoms with Gasteiger partial charge in [-0.1, -0.05) is 26.8 Å². The molecule has 1 fully saturated rings. The molecule has 4 heterocycles. The molecule has 0 aromatic carbocycles. The van der Waals surface area contributed by atoms with E-state index < -0.39 is 5.41 Å². The molecule has 1 unspecified atom stereocenters. The van der Waals surface area contributed by atoms with Crippen molar-refractivity contribution in [1.29, 1.82) is 0 Å². The zero-order valence-electron chi connectivity index (χ0n) is 19.0. The SMILES string of the molecule is Cc1csc2c(C(=O)N3CC(NC(=O)C(C)(C)C)C3)nc(NC(C)c3ccccn3)nc12. The van der Waals surface area contributed by atoms with Gasteiger partial charge in [-0.25, -0.2) is 9.97 Å². The van der Waals surface area contributed by atoms with Crippen LogP contribution in [0.2, 0.25) is 0 Å². The maximum absolute atomic E-state index is 13.3. The molecule has 0 aliphatic carbocycles. The van der Waals surface area contributed by atoms with Crippen molar-refractivity contribution in [2.24, 2.45) is 5.41 Å². The van der Waals surface area contributed by atoms with Gasteiger partial charge in [0.2, 0.25) is 11.9 Å². The molecule has 1 atom stereocenters. The summed E-state index contributed by atoms with van der Waals surface area (Å²) in [5, 5.41) is 8.28. The number of hydrogen-bond acceptors (Lipinski definition) is 7. The van der Waals surface area contributed by atoms with E-state index in [0.29, 0.717) is 24.7 Å². The van der Waals surface area contributed by atoms with E-state index in [-0.39, 0.29) is 23.9 Å². The highest BCUT2D eigenvalue weighted by Crippen LogP contribution is 2.30. The van der Waals surface area contributed by atoms with Gasteiger partial charge in [-0.05, 0) is 36.9 Å². The standard InChI is InChI=1S/C23H28N6O2S/c1-13-12-32-19-17(13)27-22(25-14(2)16-8-6-7-9-24-16)28-18(19)20(30)29-10-15(11-29)26-21(31)23(3,4)5/h6-9,12,14-15H,10-11H2,1-5H3,(H,26,31)(H,25,27,28). The zero-order valence-corrected chi connectivity index (χ0v) is 19.8. The molecule has 168 valence electrons. The number of fused-ring (bicyclic) bond motifs is 1. The number of carbonyl (C=O) groups is 2. The highest BCUT2D eigenvalue weighted by atomic mass is 32.1. The van der Waals surface area contributed by atoms with Crippen LogP contribution in [0.1, 0.15) is 55.5 Å². The number of pyridine rings is 1. The molecule has 0 bridgehead atoms. The Morgan fingerprint density at radius 1 is 1.22 bits per heavy atom. The first kappa shape index (κ1) is 22.1. The minimum absolute atomic E-state index is 0.0112. The lowest BCUT2D eigenvalue weighted by atomic mass is 9.94. The topological polar surface area (TPSA) is 100 Å². The summed E-state index contributed by atoms with van der Waals surface area (Å²) in [4.78, 5) is 40.8. The van der Waals surface area contributed by atoms with Gasteiger partial charge in [0.05, 0.1) is 28.0 Å². The Kier molecular flexibility index (Phi) is 5.85. The summed E-state index contributed by atoms with van der Waals surface area (Å²) < 4.78 is 0.783. The number of thiophene rings is 1. The normalized spacial score (nSPS) is 15.3. The average Bonchev–Trinajstić information content (AvgIpc) is 3.10. The summed E-state index contributed by atoms with van der Waals surface area (Å²) in [7, 11) is 0. The van der Waals surface area contributed by atoms with E-state index in [2.05, 4.69) is 25.6 Å². The first-order valence-corrected chi connectivity index (χ1v) is 11.5. The second-order valence-electron chi connectivity index (χ2n) is 9.24. The Hall–Kier alpha value is -3.07. The molecular weight excluding hydrogens is 424 g/mol. The average molecular weight is 453 g/mol. The number of anilines is 1. The molecule has 1 aliphatic heterocycles. The fraction of sp³-hybridized carbons (Fsp3) is 0.435. The highest BCUT2D eigenvalue weighted by Gasteiger charge is 2.36. The van der Waals surface area contributed by atoms with Crippen LogP contribution in [-0.2, 0) is 4.79 Å². The van der Waals surface area contributed by atoms with Crippen LogP contribution in [0.15, 0.2) is 29.8 Å². The minimum atomic E-state index is -0.456. The minimum Gasteiger partial charge on any atom is -0.349 e. The molecule has 3 aromatic rings. The van der Waals surface area contributed by atoms with E-state index in [9.17, 15) is 9.59 Å². The lowest BCUT2D eigenvalue weighted by molar-refractivity contribution is -0.130. The van der Waals surface area contributed by atoms with Gasteiger partial charge in [-0.2, -0.15) is 0 Å². The predicted molar refractivity (Wildman–Crippen MR) is 126 cm³/mol. The van der Waals surface area contributed by atoms with E-state index in [1.165, 1.54) is 11.3 Å². The lowest BCUT2D eigenvalue weighted by Gasteiger charge is -2.40. The lowest BCUT2D eigenvalue weighted by Crippen LogP contribution is -2.62. The third-order valence-corrected chi connectivity index (χ3v) is 6.55. The maximum atomic E-state index is 13.3. The Morgan fingerprint density at radius 3 is 2.62 bits per heavy atom. The molecule has 4 rings (SSSR count). The van der Waals surface area contributed by atoms with Crippen LogP contribution in [0.5, 0.6) is 0 Å². The van der Waals surface area contributed by atoms with E-state index in [0.717, 1.165) is 21.5 Å². The van der Waals surface area contributed by atoms with Crippen LogP contribution in [0.4, 0.5) is 5.95 Å². The van der Waals surface area contributed by atoms with Crippen LogP contribution in [0.3, 0.4) is 0 Å². The van der Waals surface area contributed by atoms with Gasteiger partial charge in [0.15, 0.2) is 5.69 Å². The van der Waals surface area contributed by atoms with Crippen molar-refractivity contribution in [3.63, 3.8) is 0 Å². The summed E-state index contributed by atoms with van der Waals surface area (Å²) in [6, 6.07) is 5.59. The molecule has 9 heteroatoms. The van der Waals surface area contributed by atoms with Crippen molar-refractivity contribution in [3.8, 4) is 0 Å². The van der Waals surface area contributed by atoms with Crippen LogP contribution in [0, 0.1) is 12.3 Å². The van der Waals surface area contributed by atoms with Crippen molar-refractivity contribution in [2.75, 3.05) is 18.4 Å². The number of aromatic nitrogens is 3. The summed E-state index contributed by atoms with van der Waals surface area (Å²) in [5.74, 6) is 0.246. The van der Waals surface area contributed by atoms with E-state index in [4.69, 9.17) is 0 Å². The van der Waals surface area contributed by atoms with Crippen molar-refractivity contribution >= 4 is 39.3 Å². The number of hydrogen-bond donors (Lipinski definition) is 2. The molecule has 0 spiro atoms. The Morgan fingerprint density at radius 2 is 1.97 bits per heavy atom. The molecule has 0 radical (unpaired) electrons. The number of rotatable bonds is 5. The van der Waals surface area contributed by atoms with E-state index in [1.807, 2.05) is 58.2 Å². The Bertz CT molecular complexity index is 1150. The molecule has 0 saturated carbocycles. The molecule has 1 saturated heterocycles. The first-order chi connectivity index (χ1) is 15.1. The van der Waals surface area contributed by atoms with Gasteiger partial charge >= 0.3 is 0 Å². The maximum Gasteiger partial charge on any atom is 0.274 e. The Labute approximate surface area is 191 Å². The number of likely N-dealkylation sites (tertiary alicyclic amines) is 1. The molecule has 8 nitrogen and oxygen atoms in total. The molecule has 2 N–H and O–H groups in total. The van der Waals surface area contributed by atoms with Crippen molar-refractivity contribution in [3.05, 3.63) is 46.7 Å². The highest BCUT2D eigenvalue weighted by molar-refractivity contribution is 7.17. The molecule has 3 aromatic heterocycles. The summed E-state index contributed by atoms with van der Waals surface area (Å²) in [6.07, 6.45) is 1.74. The number of carbonyl (C=O) groups excluding carboxylic acids is 2. The number of nitrogens with one attached hydrogen (secondary N) is 2. The van der Waals surface area contributed by atoms with Gasteiger partial charge in [-0.3, -0.25) is 14.6 Å². The smallest absolute Gasteiger partial charge is 0.274 e.